The minimum atomic E-state index is -3.97. The van der Waals surface area contributed by atoms with Crippen molar-refractivity contribution < 1.29 is 21.9 Å². The van der Waals surface area contributed by atoms with E-state index >= 15 is 0 Å². The van der Waals surface area contributed by atoms with E-state index in [0.717, 1.165) is 11.3 Å². The number of nitrogens with zero attached hydrogens (tertiary/aromatic N) is 5. The van der Waals surface area contributed by atoms with Crippen LogP contribution in [-0.2, 0) is 14.8 Å². The Morgan fingerprint density at radius 1 is 1.22 bits per heavy atom. The molecule has 1 unspecified atom stereocenters. The molecular weight excluding hydrogens is 524 g/mol. The van der Waals surface area contributed by atoms with Crippen LogP contribution in [0.3, 0.4) is 0 Å². The molecule has 0 saturated carbocycles. The number of nitrogens with one attached hydrogen (secondary N) is 2. The van der Waals surface area contributed by atoms with Gasteiger partial charge in [-0.3, -0.25) is 0 Å². The molecule has 2 aliphatic heterocycles. The van der Waals surface area contributed by atoms with Gasteiger partial charge < -0.3 is 15.0 Å². The SMILES string of the molecule is Cc1nc(-c2nnc(C(F)F)s2)c2cc(S(=O)(=O)NC3(C)COC3)cc(N3CC(C)NC(C)(C)C3)c2n1. The first-order chi connectivity index (χ1) is 17.3. The molecule has 2 N–H and O–H groups in total. The molecule has 2 aliphatic rings. The second kappa shape index (κ2) is 9.12. The summed E-state index contributed by atoms with van der Waals surface area (Å²) in [5.41, 5.74) is 0.464. The molecule has 1 atom stereocenters. The number of hydrogen-bond donors (Lipinski definition) is 2. The average molecular weight is 554 g/mol. The van der Waals surface area contributed by atoms with Crippen molar-refractivity contribution in [3.63, 3.8) is 0 Å². The zero-order valence-electron chi connectivity index (χ0n) is 21.2. The van der Waals surface area contributed by atoms with Crippen molar-refractivity contribution in [2.24, 2.45) is 0 Å². The first-order valence-corrected chi connectivity index (χ1v) is 14.1. The topological polar surface area (TPSA) is 122 Å². The van der Waals surface area contributed by atoms with Crippen LogP contribution in [0.2, 0.25) is 0 Å². The summed E-state index contributed by atoms with van der Waals surface area (Å²) in [5.74, 6) is 0.410. The molecule has 2 saturated heterocycles. The number of benzene rings is 1. The van der Waals surface area contributed by atoms with Gasteiger partial charge in [0.05, 0.1) is 34.9 Å². The number of anilines is 1. The summed E-state index contributed by atoms with van der Waals surface area (Å²) < 4.78 is 61.7. The predicted molar refractivity (Wildman–Crippen MR) is 137 cm³/mol. The molecule has 14 heteroatoms. The van der Waals surface area contributed by atoms with Crippen LogP contribution in [0.1, 0.15) is 45.0 Å². The standard InChI is InChI=1S/C23H29F2N7O3S2/c1-12-8-32(9-22(3,4)28-12)16-7-14(37(33,34)31-23(5)10-35-11-23)6-15-17(16)26-13(2)27-18(15)20-29-30-21(36-20)19(24)25/h6-7,12,19,28,31H,8-11H2,1-5H3. The highest BCUT2D eigenvalue weighted by atomic mass is 32.2. The molecule has 0 aliphatic carbocycles. The van der Waals surface area contributed by atoms with Gasteiger partial charge in [0.2, 0.25) is 10.0 Å². The second-order valence-electron chi connectivity index (χ2n) is 10.7. The Labute approximate surface area is 217 Å². The lowest BCUT2D eigenvalue weighted by molar-refractivity contribution is -0.0523. The van der Waals surface area contributed by atoms with E-state index < -0.39 is 27.0 Å². The molecule has 5 rings (SSSR count). The van der Waals surface area contributed by atoms with Crippen LogP contribution < -0.4 is 14.9 Å². The highest BCUT2D eigenvalue weighted by Crippen LogP contribution is 2.38. The Morgan fingerprint density at radius 2 is 1.95 bits per heavy atom. The summed E-state index contributed by atoms with van der Waals surface area (Å²) in [6.45, 7) is 11.5. The molecule has 10 nitrogen and oxygen atoms in total. The number of aryl methyl sites for hydroxylation is 1. The normalized spacial score (nSPS) is 21.4. The summed E-state index contributed by atoms with van der Waals surface area (Å²) in [6, 6.07) is 3.24. The zero-order valence-corrected chi connectivity index (χ0v) is 22.8. The first-order valence-electron chi connectivity index (χ1n) is 11.8. The molecule has 37 heavy (non-hydrogen) atoms. The Kier molecular flexibility index (Phi) is 6.46. The molecule has 0 spiro atoms. The maximum atomic E-state index is 13.6. The van der Waals surface area contributed by atoms with Gasteiger partial charge in [-0.05, 0) is 46.8 Å². The number of aromatic nitrogens is 4. The number of fused-ring (bicyclic) bond motifs is 1. The summed E-state index contributed by atoms with van der Waals surface area (Å²) in [5, 5.41) is 11.2. The molecule has 3 aromatic rings. The molecule has 0 radical (unpaired) electrons. The Hall–Kier alpha value is -2.39. The van der Waals surface area contributed by atoms with E-state index in [1.54, 1.807) is 19.9 Å². The highest BCUT2D eigenvalue weighted by molar-refractivity contribution is 7.89. The van der Waals surface area contributed by atoms with E-state index in [1.165, 1.54) is 6.07 Å². The fraction of sp³-hybridized carbons (Fsp3) is 0.565. The number of ether oxygens (including phenoxy) is 1. The number of alkyl halides is 2. The summed E-state index contributed by atoms with van der Waals surface area (Å²) in [4.78, 5) is 11.3. The number of rotatable bonds is 6. The first kappa shape index (κ1) is 26.2. The molecular formula is C23H29F2N7O3S2. The number of hydrogen-bond acceptors (Lipinski definition) is 10. The van der Waals surface area contributed by atoms with E-state index in [-0.39, 0.29) is 40.4 Å². The van der Waals surface area contributed by atoms with Crippen molar-refractivity contribution in [1.82, 2.24) is 30.2 Å². The van der Waals surface area contributed by atoms with Crippen LogP contribution >= 0.6 is 11.3 Å². The van der Waals surface area contributed by atoms with E-state index in [9.17, 15) is 17.2 Å². The third-order valence-electron chi connectivity index (χ3n) is 6.29. The lowest BCUT2D eigenvalue weighted by atomic mass is 9.98. The van der Waals surface area contributed by atoms with E-state index in [2.05, 4.69) is 55.9 Å². The maximum absolute atomic E-state index is 13.6. The van der Waals surface area contributed by atoms with Crippen LogP contribution in [0, 0.1) is 6.92 Å². The Balaban J connectivity index is 1.74. The summed E-state index contributed by atoms with van der Waals surface area (Å²) in [6.07, 6.45) is -2.77. The predicted octanol–water partition coefficient (Wildman–Crippen LogP) is 3.04. The lowest BCUT2D eigenvalue weighted by Crippen LogP contribution is -2.61. The Bertz CT molecular complexity index is 1460. The minimum Gasteiger partial charge on any atom is -0.377 e. The van der Waals surface area contributed by atoms with E-state index in [0.29, 0.717) is 35.5 Å². The maximum Gasteiger partial charge on any atom is 0.291 e. The highest BCUT2D eigenvalue weighted by Gasteiger charge is 2.39. The van der Waals surface area contributed by atoms with Crippen molar-refractivity contribution in [3.05, 3.63) is 23.0 Å². The zero-order chi connectivity index (χ0) is 26.8. The third kappa shape index (κ3) is 5.17. The van der Waals surface area contributed by atoms with Gasteiger partial charge in [0.25, 0.3) is 6.43 Å². The van der Waals surface area contributed by atoms with Gasteiger partial charge in [0.15, 0.2) is 10.0 Å². The fourth-order valence-electron chi connectivity index (χ4n) is 4.94. The van der Waals surface area contributed by atoms with E-state index in [4.69, 9.17) is 4.74 Å². The van der Waals surface area contributed by atoms with Gasteiger partial charge in [-0.15, -0.1) is 10.2 Å². The molecule has 4 heterocycles. The lowest BCUT2D eigenvalue weighted by Gasteiger charge is -2.44. The Morgan fingerprint density at radius 3 is 2.54 bits per heavy atom. The van der Waals surface area contributed by atoms with Crippen LogP contribution in [-0.4, -0.2) is 72.0 Å². The third-order valence-corrected chi connectivity index (χ3v) is 8.84. The number of sulfonamides is 1. The van der Waals surface area contributed by atoms with Crippen LogP contribution in [0.15, 0.2) is 17.0 Å². The smallest absolute Gasteiger partial charge is 0.291 e. The van der Waals surface area contributed by atoms with Crippen molar-refractivity contribution in [2.75, 3.05) is 31.2 Å². The molecule has 2 fully saturated rings. The van der Waals surface area contributed by atoms with Crippen molar-refractivity contribution in [1.29, 1.82) is 0 Å². The molecule has 200 valence electrons. The monoisotopic (exact) mass is 553 g/mol. The fourth-order valence-corrected chi connectivity index (χ4v) is 7.07. The van der Waals surface area contributed by atoms with Gasteiger partial charge >= 0.3 is 0 Å². The molecule has 2 aromatic heterocycles. The number of piperazine rings is 1. The van der Waals surface area contributed by atoms with Crippen molar-refractivity contribution >= 4 is 38.0 Å². The van der Waals surface area contributed by atoms with Gasteiger partial charge in [-0.1, -0.05) is 11.3 Å². The van der Waals surface area contributed by atoms with Crippen LogP contribution in [0.5, 0.6) is 0 Å². The van der Waals surface area contributed by atoms with Crippen molar-refractivity contribution in [2.45, 2.75) is 63.1 Å². The quantitative estimate of drug-likeness (QED) is 0.474. The molecule has 0 amide bonds. The van der Waals surface area contributed by atoms with Gasteiger partial charge in [0.1, 0.15) is 11.5 Å². The van der Waals surface area contributed by atoms with Gasteiger partial charge in [-0.2, -0.15) is 0 Å². The van der Waals surface area contributed by atoms with Gasteiger partial charge in [-0.25, -0.2) is 31.9 Å². The summed E-state index contributed by atoms with van der Waals surface area (Å²) in [7, 11) is -3.97. The van der Waals surface area contributed by atoms with Crippen molar-refractivity contribution in [3.8, 4) is 10.7 Å². The van der Waals surface area contributed by atoms with Crippen LogP contribution in [0.25, 0.3) is 21.6 Å². The largest absolute Gasteiger partial charge is 0.377 e. The molecule has 0 bridgehead atoms. The van der Waals surface area contributed by atoms with Gasteiger partial charge in [0, 0.05) is 30.1 Å². The summed E-state index contributed by atoms with van der Waals surface area (Å²) >= 11 is 0.728. The molecule has 1 aromatic carbocycles. The van der Waals surface area contributed by atoms with E-state index in [1.807, 2.05) is 0 Å². The minimum absolute atomic E-state index is 0.0272. The van der Waals surface area contributed by atoms with Crippen LogP contribution in [0.4, 0.5) is 14.5 Å². The second-order valence-corrected chi connectivity index (χ2v) is 13.4. The number of halogens is 2. The average Bonchev–Trinajstić information content (AvgIpc) is 3.25.